The second-order valence-electron chi connectivity index (χ2n) is 5.44. The Labute approximate surface area is 100 Å². The molecule has 2 fully saturated rings. The summed E-state index contributed by atoms with van der Waals surface area (Å²) in [6, 6.07) is 0.609. The molecule has 0 amide bonds. The average Bonchev–Trinajstić information content (AvgIpc) is 3.16. The molecule has 0 heterocycles. The molecule has 2 rings (SSSR count). The largest absolute Gasteiger partial charge is 0.377 e. The van der Waals surface area contributed by atoms with Gasteiger partial charge in [0.25, 0.3) is 0 Å². The molecule has 1 N–H and O–H groups in total. The Bertz CT molecular complexity index is 199. The van der Waals surface area contributed by atoms with Gasteiger partial charge >= 0.3 is 0 Å². The van der Waals surface area contributed by atoms with Gasteiger partial charge in [-0.15, -0.1) is 0 Å². The summed E-state index contributed by atoms with van der Waals surface area (Å²) in [5.74, 6) is 1.89. The van der Waals surface area contributed by atoms with Gasteiger partial charge in [-0.3, -0.25) is 0 Å². The first-order valence-electron chi connectivity index (χ1n) is 7.20. The molecule has 2 unspecified atom stereocenters. The summed E-state index contributed by atoms with van der Waals surface area (Å²) in [4.78, 5) is 0. The molecular formula is C14H27NO. The summed E-state index contributed by atoms with van der Waals surface area (Å²) >= 11 is 0. The molecule has 0 aliphatic heterocycles. The lowest BCUT2D eigenvalue weighted by Crippen LogP contribution is -2.42. The smallest absolute Gasteiger partial charge is 0.0755 e. The van der Waals surface area contributed by atoms with E-state index in [1.165, 1.54) is 38.5 Å². The second-order valence-corrected chi connectivity index (χ2v) is 5.44. The van der Waals surface area contributed by atoms with Crippen molar-refractivity contribution in [3.05, 3.63) is 0 Å². The molecule has 0 aromatic heterocycles. The summed E-state index contributed by atoms with van der Waals surface area (Å²) < 4.78 is 5.97. The zero-order valence-electron chi connectivity index (χ0n) is 10.9. The van der Waals surface area contributed by atoms with E-state index >= 15 is 0 Å². The van der Waals surface area contributed by atoms with Crippen LogP contribution in [0.3, 0.4) is 0 Å². The molecule has 2 aliphatic carbocycles. The first kappa shape index (κ1) is 12.4. The normalized spacial score (nSPS) is 24.4. The molecular weight excluding hydrogens is 198 g/mol. The Morgan fingerprint density at radius 3 is 2.44 bits per heavy atom. The van der Waals surface area contributed by atoms with Crippen LogP contribution in [0.2, 0.25) is 0 Å². The predicted octanol–water partition coefficient (Wildman–Crippen LogP) is 2.97. The van der Waals surface area contributed by atoms with Crippen molar-refractivity contribution in [2.45, 2.75) is 64.5 Å². The van der Waals surface area contributed by atoms with Crippen LogP contribution in [0, 0.1) is 11.8 Å². The fourth-order valence-electron chi connectivity index (χ4n) is 2.66. The van der Waals surface area contributed by atoms with Crippen LogP contribution < -0.4 is 5.32 Å². The van der Waals surface area contributed by atoms with E-state index in [2.05, 4.69) is 19.2 Å². The van der Waals surface area contributed by atoms with E-state index in [1.807, 2.05) is 0 Å². The summed E-state index contributed by atoms with van der Waals surface area (Å²) in [5.41, 5.74) is 0. The van der Waals surface area contributed by atoms with E-state index in [0.717, 1.165) is 25.0 Å². The van der Waals surface area contributed by atoms with E-state index in [9.17, 15) is 0 Å². The standard InChI is InChI=1S/C14H27NO/c1-3-15-13(10-7-11-5-6-11)14(16-4-2)12-8-9-12/h11-15H,3-10H2,1-2H3. The third-order valence-electron chi connectivity index (χ3n) is 3.89. The number of hydrogen-bond acceptors (Lipinski definition) is 2. The van der Waals surface area contributed by atoms with Gasteiger partial charge in [-0.25, -0.2) is 0 Å². The fourth-order valence-corrected chi connectivity index (χ4v) is 2.66. The van der Waals surface area contributed by atoms with Gasteiger partial charge in [0.15, 0.2) is 0 Å². The number of rotatable bonds is 9. The van der Waals surface area contributed by atoms with Crippen LogP contribution in [-0.4, -0.2) is 25.3 Å². The summed E-state index contributed by atoms with van der Waals surface area (Å²) in [6.07, 6.45) is 8.94. The number of likely N-dealkylation sites (N-methyl/N-ethyl adjacent to an activating group) is 1. The maximum Gasteiger partial charge on any atom is 0.0755 e. The Morgan fingerprint density at radius 1 is 1.19 bits per heavy atom. The van der Waals surface area contributed by atoms with E-state index in [4.69, 9.17) is 4.74 Å². The van der Waals surface area contributed by atoms with Crippen LogP contribution in [0.4, 0.5) is 0 Å². The van der Waals surface area contributed by atoms with E-state index in [0.29, 0.717) is 12.1 Å². The van der Waals surface area contributed by atoms with Gasteiger partial charge in [0.05, 0.1) is 6.10 Å². The molecule has 2 aliphatic rings. The van der Waals surface area contributed by atoms with E-state index in [-0.39, 0.29) is 0 Å². The Morgan fingerprint density at radius 2 is 1.94 bits per heavy atom. The maximum atomic E-state index is 5.97. The van der Waals surface area contributed by atoms with Gasteiger partial charge < -0.3 is 10.1 Å². The quantitative estimate of drug-likeness (QED) is 0.651. The Hall–Kier alpha value is -0.0800. The fraction of sp³-hybridized carbons (Fsp3) is 1.00. The number of nitrogens with one attached hydrogen (secondary N) is 1. The van der Waals surface area contributed by atoms with Gasteiger partial charge in [0, 0.05) is 12.6 Å². The lowest BCUT2D eigenvalue weighted by Gasteiger charge is -2.28. The molecule has 0 saturated heterocycles. The van der Waals surface area contributed by atoms with Gasteiger partial charge in [-0.05, 0) is 51.0 Å². The van der Waals surface area contributed by atoms with Crippen LogP contribution in [0.25, 0.3) is 0 Å². The monoisotopic (exact) mass is 225 g/mol. The highest BCUT2D eigenvalue weighted by molar-refractivity contribution is 4.91. The van der Waals surface area contributed by atoms with Crippen molar-refractivity contribution in [2.75, 3.05) is 13.2 Å². The van der Waals surface area contributed by atoms with Gasteiger partial charge in [-0.1, -0.05) is 19.8 Å². The minimum absolute atomic E-state index is 0.490. The lowest BCUT2D eigenvalue weighted by atomic mass is 9.99. The van der Waals surface area contributed by atoms with Crippen LogP contribution in [-0.2, 0) is 4.74 Å². The van der Waals surface area contributed by atoms with Crippen molar-refractivity contribution in [3.8, 4) is 0 Å². The molecule has 2 nitrogen and oxygen atoms in total. The van der Waals surface area contributed by atoms with Crippen LogP contribution in [0.1, 0.15) is 52.4 Å². The molecule has 2 heteroatoms. The first-order valence-corrected chi connectivity index (χ1v) is 7.20. The SMILES string of the molecule is CCNC(CCC1CC1)C(OCC)C1CC1. The molecule has 0 aromatic carbocycles. The summed E-state index contributed by atoms with van der Waals surface area (Å²) in [5, 5.41) is 3.65. The van der Waals surface area contributed by atoms with Crippen molar-refractivity contribution >= 4 is 0 Å². The molecule has 2 saturated carbocycles. The first-order chi connectivity index (χ1) is 7.85. The molecule has 0 radical (unpaired) electrons. The molecule has 2 atom stereocenters. The van der Waals surface area contributed by atoms with Crippen molar-refractivity contribution in [2.24, 2.45) is 11.8 Å². The summed E-state index contributed by atoms with van der Waals surface area (Å²) in [6.45, 7) is 6.28. The molecule has 94 valence electrons. The average molecular weight is 225 g/mol. The van der Waals surface area contributed by atoms with Crippen LogP contribution in [0.5, 0.6) is 0 Å². The Kier molecular flexibility index (Phi) is 4.66. The van der Waals surface area contributed by atoms with Gasteiger partial charge in [0.2, 0.25) is 0 Å². The highest BCUT2D eigenvalue weighted by Gasteiger charge is 2.37. The maximum absolute atomic E-state index is 5.97. The summed E-state index contributed by atoms with van der Waals surface area (Å²) in [7, 11) is 0. The molecule has 0 bridgehead atoms. The highest BCUT2D eigenvalue weighted by Crippen LogP contribution is 2.39. The minimum atomic E-state index is 0.490. The zero-order chi connectivity index (χ0) is 11.4. The van der Waals surface area contributed by atoms with Gasteiger partial charge in [0.1, 0.15) is 0 Å². The van der Waals surface area contributed by atoms with Crippen molar-refractivity contribution in [1.82, 2.24) is 5.32 Å². The van der Waals surface area contributed by atoms with E-state index in [1.54, 1.807) is 0 Å². The molecule has 0 aromatic rings. The van der Waals surface area contributed by atoms with Crippen LogP contribution >= 0.6 is 0 Å². The van der Waals surface area contributed by atoms with E-state index < -0.39 is 0 Å². The molecule has 0 spiro atoms. The predicted molar refractivity (Wildman–Crippen MR) is 67.6 cm³/mol. The number of ether oxygens (including phenoxy) is 1. The lowest BCUT2D eigenvalue weighted by molar-refractivity contribution is 0.0166. The van der Waals surface area contributed by atoms with Gasteiger partial charge in [-0.2, -0.15) is 0 Å². The molecule has 16 heavy (non-hydrogen) atoms. The van der Waals surface area contributed by atoms with Crippen molar-refractivity contribution in [3.63, 3.8) is 0 Å². The number of hydrogen-bond donors (Lipinski definition) is 1. The van der Waals surface area contributed by atoms with Crippen molar-refractivity contribution in [1.29, 1.82) is 0 Å². The second kappa shape index (κ2) is 6.02. The van der Waals surface area contributed by atoms with Crippen LogP contribution in [0.15, 0.2) is 0 Å². The third-order valence-corrected chi connectivity index (χ3v) is 3.89. The minimum Gasteiger partial charge on any atom is -0.377 e. The zero-order valence-corrected chi connectivity index (χ0v) is 10.9. The Balaban J connectivity index is 1.80. The highest BCUT2D eigenvalue weighted by atomic mass is 16.5. The third kappa shape index (κ3) is 3.74. The topological polar surface area (TPSA) is 21.3 Å². The van der Waals surface area contributed by atoms with Crippen molar-refractivity contribution < 1.29 is 4.74 Å².